The fraction of sp³-hybridized carbons (Fsp3) is 0.222. The Morgan fingerprint density at radius 1 is 1.41 bits per heavy atom. The second-order valence-corrected chi connectivity index (χ2v) is 7.62. The Morgan fingerprint density at radius 2 is 2.22 bits per heavy atom. The number of benzene rings is 1. The number of aromatic nitrogens is 2. The smallest absolute Gasteiger partial charge is 0.258 e. The Balaban J connectivity index is 1.61. The summed E-state index contributed by atoms with van der Waals surface area (Å²) in [5, 5.41) is 6.30. The maximum atomic E-state index is 12.2. The highest BCUT2D eigenvalue weighted by molar-refractivity contribution is 8.00. The van der Waals surface area contributed by atoms with Crippen LogP contribution in [0.1, 0.15) is 5.76 Å². The van der Waals surface area contributed by atoms with E-state index in [1.54, 1.807) is 19.1 Å². The third kappa shape index (κ3) is 4.95. The van der Waals surface area contributed by atoms with Crippen LogP contribution in [0.4, 0.5) is 5.82 Å². The van der Waals surface area contributed by atoms with Crippen molar-refractivity contribution in [2.24, 2.45) is 4.99 Å². The summed E-state index contributed by atoms with van der Waals surface area (Å²) in [5.41, 5.74) is 1.02. The van der Waals surface area contributed by atoms with Crippen molar-refractivity contribution in [1.29, 1.82) is 0 Å². The zero-order valence-corrected chi connectivity index (χ0v) is 16.3. The Kier molecular flexibility index (Phi) is 6.25. The fourth-order valence-corrected chi connectivity index (χ4v) is 4.04. The van der Waals surface area contributed by atoms with Gasteiger partial charge in [0.15, 0.2) is 10.6 Å². The van der Waals surface area contributed by atoms with Crippen molar-refractivity contribution in [2.45, 2.75) is 13.5 Å². The quantitative estimate of drug-likeness (QED) is 0.614. The normalized spacial score (nSPS) is 11.7. The number of carbonyl (C=O) groups is 2. The topological polar surface area (TPSA) is 89.5 Å². The molecule has 2 aromatic heterocycles. The van der Waals surface area contributed by atoms with Crippen molar-refractivity contribution in [3.05, 3.63) is 53.5 Å². The lowest BCUT2D eigenvalue weighted by Gasteiger charge is -2.01. The predicted octanol–water partition coefficient (Wildman–Crippen LogP) is 2.98. The van der Waals surface area contributed by atoms with E-state index >= 15 is 0 Å². The van der Waals surface area contributed by atoms with E-state index in [1.807, 2.05) is 28.8 Å². The van der Waals surface area contributed by atoms with Gasteiger partial charge in [-0.15, -0.1) is 18.3 Å². The van der Waals surface area contributed by atoms with Crippen molar-refractivity contribution in [3.8, 4) is 0 Å². The Hall–Kier alpha value is -2.65. The van der Waals surface area contributed by atoms with Gasteiger partial charge in [-0.2, -0.15) is 4.99 Å². The molecule has 0 radical (unpaired) electrons. The minimum Gasteiger partial charge on any atom is -0.360 e. The van der Waals surface area contributed by atoms with Crippen molar-refractivity contribution in [2.75, 3.05) is 16.8 Å². The molecule has 0 aliphatic rings. The molecule has 3 aromatic rings. The number of anilines is 1. The fourth-order valence-electron chi connectivity index (χ4n) is 2.39. The number of amides is 2. The lowest BCUT2D eigenvalue weighted by atomic mass is 10.3. The van der Waals surface area contributed by atoms with E-state index in [0.717, 1.165) is 10.2 Å². The zero-order chi connectivity index (χ0) is 19.2. The maximum Gasteiger partial charge on any atom is 0.258 e. The average Bonchev–Trinajstić information content (AvgIpc) is 3.19. The number of allylic oxidation sites excluding steroid dienone is 1. The SMILES string of the molecule is C=CCn1c(=NC(=O)CSCC(=O)Nc2cc(C)on2)sc2ccccc21. The molecule has 0 aliphatic heterocycles. The molecule has 0 saturated heterocycles. The second kappa shape index (κ2) is 8.83. The first-order valence-electron chi connectivity index (χ1n) is 8.14. The minimum absolute atomic E-state index is 0.119. The lowest BCUT2D eigenvalue weighted by molar-refractivity contribution is -0.115. The lowest BCUT2D eigenvalue weighted by Crippen LogP contribution is -2.18. The van der Waals surface area contributed by atoms with Gasteiger partial charge in [-0.3, -0.25) is 9.59 Å². The summed E-state index contributed by atoms with van der Waals surface area (Å²) in [6.07, 6.45) is 1.77. The number of nitrogens with zero attached hydrogens (tertiary/aromatic N) is 3. The first-order valence-corrected chi connectivity index (χ1v) is 10.1. The molecule has 0 aliphatic carbocycles. The summed E-state index contributed by atoms with van der Waals surface area (Å²) in [5.74, 6) is 0.701. The molecule has 0 atom stereocenters. The molecule has 0 saturated carbocycles. The third-order valence-corrected chi connectivity index (χ3v) is 5.45. The predicted molar refractivity (Wildman–Crippen MR) is 108 cm³/mol. The molecule has 3 rings (SSSR count). The molecule has 140 valence electrons. The van der Waals surface area contributed by atoms with Crippen molar-refractivity contribution < 1.29 is 14.1 Å². The van der Waals surface area contributed by atoms with Crippen LogP contribution in [-0.2, 0) is 16.1 Å². The molecule has 0 fully saturated rings. The van der Waals surface area contributed by atoms with Crippen LogP contribution in [0.25, 0.3) is 10.2 Å². The summed E-state index contributed by atoms with van der Waals surface area (Å²) in [6, 6.07) is 9.51. The molecular weight excluding hydrogens is 384 g/mol. The average molecular weight is 403 g/mol. The number of aryl methyl sites for hydroxylation is 1. The number of rotatable bonds is 7. The number of thioether (sulfide) groups is 1. The first kappa shape index (κ1) is 19.1. The maximum absolute atomic E-state index is 12.2. The van der Waals surface area contributed by atoms with E-state index in [2.05, 4.69) is 22.0 Å². The summed E-state index contributed by atoms with van der Waals surface area (Å²) in [6.45, 7) is 6.08. The van der Waals surface area contributed by atoms with Gasteiger partial charge in [0.05, 0.1) is 21.7 Å². The van der Waals surface area contributed by atoms with Crippen molar-refractivity contribution in [3.63, 3.8) is 0 Å². The van der Waals surface area contributed by atoms with Gasteiger partial charge in [-0.1, -0.05) is 34.7 Å². The second-order valence-electron chi connectivity index (χ2n) is 5.62. The van der Waals surface area contributed by atoms with Gasteiger partial charge < -0.3 is 14.4 Å². The van der Waals surface area contributed by atoms with E-state index < -0.39 is 0 Å². The van der Waals surface area contributed by atoms with Gasteiger partial charge in [0.1, 0.15) is 5.76 Å². The van der Waals surface area contributed by atoms with Crippen LogP contribution in [0.5, 0.6) is 0 Å². The van der Waals surface area contributed by atoms with Gasteiger partial charge in [0, 0.05) is 12.6 Å². The van der Waals surface area contributed by atoms with Crippen LogP contribution in [0.3, 0.4) is 0 Å². The molecule has 1 aromatic carbocycles. The summed E-state index contributed by atoms with van der Waals surface area (Å²) >= 11 is 2.66. The van der Waals surface area contributed by atoms with Crippen LogP contribution >= 0.6 is 23.1 Å². The van der Waals surface area contributed by atoms with Gasteiger partial charge in [-0.25, -0.2) is 0 Å². The first-order chi connectivity index (χ1) is 13.1. The van der Waals surface area contributed by atoms with Crippen LogP contribution in [0.15, 0.2) is 52.5 Å². The number of carbonyl (C=O) groups excluding carboxylic acids is 2. The Morgan fingerprint density at radius 3 is 2.96 bits per heavy atom. The molecular formula is C18H18N4O3S2. The van der Waals surface area contributed by atoms with Gasteiger partial charge in [0.25, 0.3) is 5.91 Å². The van der Waals surface area contributed by atoms with Crippen LogP contribution in [0.2, 0.25) is 0 Å². The third-order valence-electron chi connectivity index (χ3n) is 3.47. The summed E-state index contributed by atoms with van der Waals surface area (Å²) < 4.78 is 7.89. The van der Waals surface area contributed by atoms with Crippen molar-refractivity contribution in [1.82, 2.24) is 9.72 Å². The highest BCUT2D eigenvalue weighted by Gasteiger charge is 2.09. The molecule has 0 bridgehead atoms. The zero-order valence-electron chi connectivity index (χ0n) is 14.7. The van der Waals surface area contributed by atoms with E-state index in [1.165, 1.54) is 23.1 Å². The molecule has 27 heavy (non-hydrogen) atoms. The largest absolute Gasteiger partial charge is 0.360 e. The van der Waals surface area contributed by atoms with E-state index in [0.29, 0.717) is 22.9 Å². The molecule has 0 unspecified atom stereocenters. The molecule has 2 heterocycles. The summed E-state index contributed by atoms with van der Waals surface area (Å²) in [7, 11) is 0. The van der Waals surface area contributed by atoms with Gasteiger partial charge in [-0.05, 0) is 19.1 Å². The Labute approximate surface area is 163 Å². The minimum atomic E-state index is -0.283. The number of hydrogen-bond acceptors (Lipinski definition) is 6. The number of para-hydroxylation sites is 1. The van der Waals surface area contributed by atoms with E-state index in [4.69, 9.17) is 4.52 Å². The number of hydrogen-bond donors (Lipinski definition) is 1. The molecule has 1 N–H and O–H groups in total. The van der Waals surface area contributed by atoms with Gasteiger partial charge in [0.2, 0.25) is 5.91 Å². The standard InChI is InChI=1S/C18H18N4O3S2/c1-3-8-22-13-6-4-5-7-14(13)27-18(22)20-17(24)11-26-10-16(23)19-15-9-12(2)25-21-15/h3-7,9H,1,8,10-11H2,2H3,(H,19,21,23). The highest BCUT2D eigenvalue weighted by atomic mass is 32.2. The monoisotopic (exact) mass is 402 g/mol. The highest BCUT2D eigenvalue weighted by Crippen LogP contribution is 2.16. The van der Waals surface area contributed by atoms with Crippen LogP contribution < -0.4 is 10.1 Å². The molecule has 2 amide bonds. The van der Waals surface area contributed by atoms with Crippen molar-refractivity contribution >= 4 is 50.9 Å². The number of fused-ring (bicyclic) bond motifs is 1. The molecule has 9 heteroatoms. The van der Waals surface area contributed by atoms with Crippen LogP contribution in [0, 0.1) is 6.92 Å². The molecule has 0 spiro atoms. The molecule has 7 nitrogen and oxygen atoms in total. The van der Waals surface area contributed by atoms with Gasteiger partial charge >= 0.3 is 0 Å². The van der Waals surface area contributed by atoms with E-state index in [9.17, 15) is 9.59 Å². The number of nitrogens with one attached hydrogen (secondary N) is 1. The van der Waals surface area contributed by atoms with E-state index in [-0.39, 0.29) is 23.3 Å². The number of thiazole rings is 1. The van der Waals surface area contributed by atoms with Crippen LogP contribution in [-0.4, -0.2) is 33.0 Å². The summed E-state index contributed by atoms with van der Waals surface area (Å²) in [4.78, 5) is 28.9. The Bertz CT molecular complexity index is 1050.